The van der Waals surface area contributed by atoms with Gasteiger partial charge < -0.3 is 4.90 Å². The zero-order valence-corrected chi connectivity index (χ0v) is 13.8. The van der Waals surface area contributed by atoms with Gasteiger partial charge in [0.15, 0.2) is 6.10 Å². The molecule has 1 saturated heterocycles. The second-order valence-corrected chi connectivity index (χ2v) is 8.16. The molecule has 2 heterocycles. The van der Waals surface area contributed by atoms with Crippen LogP contribution in [0.3, 0.4) is 0 Å². The minimum atomic E-state index is -3.69. The largest absolute Gasteiger partial charge is 0.330 e. The second-order valence-electron chi connectivity index (χ2n) is 6.56. The lowest BCUT2D eigenvalue weighted by molar-refractivity contribution is -0.136. The zero-order chi connectivity index (χ0) is 16.2. The third kappa shape index (κ3) is 2.08. The van der Waals surface area contributed by atoms with Gasteiger partial charge in [-0.2, -0.15) is 8.42 Å². The van der Waals surface area contributed by atoms with Crippen LogP contribution in [0.4, 0.5) is 0 Å². The van der Waals surface area contributed by atoms with Crippen molar-refractivity contribution in [2.24, 2.45) is 5.92 Å². The molecule has 1 amide bonds. The molecule has 23 heavy (non-hydrogen) atoms. The molecule has 6 heteroatoms. The Labute approximate surface area is 136 Å². The van der Waals surface area contributed by atoms with Crippen LogP contribution in [0.2, 0.25) is 0 Å². The van der Waals surface area contributed by atoms with Crippen molar-refractivity contribution in [3.63, 3.8) is 0 Å². The van der Waals surface area contributed by atoms with Gasteiger partial charge in [0.05, 0.1) is 11.8 Å². The number of hydrogen-bond donors (Lipinski definition) is 0. The van der Waals surface area contributed by atoms with Gasteiger partial charge in [-0.25, -0.2) is 0 Å². The van der Waals surface area contributed by atoms with Gasteiger partial charge in [-0.1, -0.05) is 36.4 Å². The van der Waals surface area contributed by atoms with Crippen LogP contribution in [0.25, 0.3) is 0 Å². The van der Waals surface area contributed by atoms with Crippen LogP contribution in [0, 0.1) is 5.92 Å². The highest BCUT2D eigenvalue weighted by Gasteiger charge is 2.61. The Morgan fingerprint density at radius 2 is 2.04 bits per heavy atom. The Balaban J connectivity index is 1.89. The molecule has 0 saturated carbocycles. The summed E-state index contributed by atoms with van der Waals surface area (Å²) in [5.74, 6) is -0.366. The molecule has 122 valence electrons. The first-order chi connectivity index (χ1) is 10.9. The average molecular weight is 333 g/mol. The van der Waals surface area contributed by atoms with Crippen molar-refractivity contribution in [3.8, 4) is 0 Å². The number of carbonyl (C=O) groups excluding carboxylic acids is 1. The van der Waals surface area contributed by atoms with E-state index in [9.17, 15) is 13.2 Å². The van der Waals surface area contributed by atoms with E-state index in [1.807, 2.05) is 23.1 Å². The van der Waals surface area contributed by atoms with E-state index < -0.39 is 21.8 Å². The fourth-order valence-corrected chi connectivity index (χ4v) is 5.11. The number of fused-ring (bicyclic) bond motifs is 1. The lowest BCUT2D eigenvalue weighted by Crippen LogP contribution is -2.51. The van der Waals surface area contributed by atoms with Crippen LogP contribution in [-0.4, -0.2) is 38.1 Å². The lowest BCUT2D eigenvalue weighted by atomic mass is 9.68. The van der Waals surface area contributed by atoms with Gasteiger partial charge >= 0.3 is 0 Å². The number of nitrogens with zero attached hydrogens (tertiary/aromatic N) is 1. The van der Waals surface area contributed by atoms with Crippen molar-refractivity contribution in [1.29, 1.82) is 0 Å². The Kier molecular flexibility index (Phi) is 3.19. The molecule has 4 rings (SSSR count). The molecule has 2 aliphatic heterocycles. The van der Waals surface area contributed by atoms with E-state index in [0.717, 1.165) is 18.2 Å². The van der Waals surface area contributed by atoms with E-state index in [1.165, 1.54) is 5.56 Å². The normalized spacial score (nSPS) is 32.4. The summed E-state index contributed by atoms with van der Waals surface area (Å²) in [5.41, 5.74) is 1.93. The molecule has 1 aromatic carbocycles. The first-order valence-corrected chi connectivity index (χ1v) is 9.68. The maximum absolute atomic E-state index is 12.9. The standard InChI is InChI=1S/C17H19NO4S/c1-23(20,21)22-15-14-8-4-5-10-17(14)13-7-3-2-6-12(13)9-11-18(17)16(15)19/h2-7,14-15H,8-11H2,1H3/t14-,15+,17+/m0/s1. The summed E-state index contributed by atoms with van der Waals surface area (Å²) in [6.45, 7) is 0.615. The van der Waals surface area contributed by atoms with Crippen LogP contribution in [0.15, 0.2) is 36.4 Å². The van der Waals surface area contributed by atoms with Crippen LogP contribution in [0.5, 0.6) is 0 Å². The molecule has 1 fully saturated rings. The molecule has 3 aliphatic rings. The first kappa shape index (κ1) is 14.9. The van der Waals surface area contributed by atoms with Crippen LogP contribution < -0.4 is 0 Å². The van der Waals surface area contributed by atoms with Crippen LogP contribution in [-0.2, 0) is 31.1 Å². The van der Waals surface area contributed by atoms with Crippen LogP contribution in [0.1, 0.15) is 24.0 Å². The van der Waals surface area contributed by atoms with E-state index in [1.54, 1.807) is 0 Å². The molecule has 0 bridgehead atoms. The fraction of sp³-hybridized carbons (Fsp3) is 0.471. The van der Waals surface area contributed by atoms with E-state index in [-0.39, 0.29) is 11.8 Å². The van der Waals surface area contributed by atoms with Crippen molar-refractivity contribution in [1.82, 2.24) is 4.90 Å². The summed E-state index contributed by atoms with van der Waals surface area (Å²) in [6, 6.07) is 8.18. The number of amides is 1. The molecule has 1 aliphatic carbocycles. The van der Waals surface area contributed by atoms with Crippen molar-refractivity contribution in [3.05, 3.63) is 47.5 Å². The van der Waals surface area contributed by atoms with Gasteiger partial charge in [0.25, 0.3) is 16.0 Å². The highest BCUT2D eigenvalue weighted by Crippen LogP contribution is 2.54. The molecule has 0 unspecified atom stereocenters. The molecule has 5 nitrogen and oxygen atoms in total. The van der Waals surface area contributed by atoms with E-state index in [2.05, 4.69) is 18.2 Å². The predicted octanol–water partition coefficient (Wildman–Crippen LogP) is 1.59. The lowest BCUT2D eigenvalue weighted by Gasteiger charge is -2.47. The van der Waals surface area contributed by atoms with Crippen molar-refractivity contribution in [2.45, 2.75) is 30.9 Å². The summed E-state index contributed by atoms with van der Waals surface area (Å²) < 4.78 is 28.5. The summed E-state index contributed by atoms with van der Waals surface area (Å²) in [5, 5.41) is 0. The molecule has 0 radical (unpaired) electrons. The molecular weight excluding hydrogens is 314 g/mol. The van der Waals surface area contributed by atoms with Gasteiger partial charge in [0, 0.05) is 12.5 Å². The van der Waals surface area contributed by atoms with Gasteiger partial charge in [-0.05, 0) is 30.4 Å². The van der Waals surface area contributed by atoms with E-state index >= 15 is 0 Å². The molecule has 1 spiro atoms. The topological polar surface area (TPSA) is 63.7 Å². The third-order valence-corrected chi connectivity index (χ3v) is 5.88. The number of rotatable bonds is 2. The Morgan fingerprint density at radius 1 is 1.26 bits per heavy atom. The summed E-state index contributed by atoms with van der Waals surface area (Å²) >= 11 is 0. The van der Waals surface area contributed by atoms with Gasteiger partial charge in [-0.3, -0.25) is 8.98 Å². The molecular formula is C17H19NO4S. The zero-order valence-electron chi connectivity index (χ0n) is 12.9. The molecule has 3 atom stereocenters. The Hall–Kier alpha value is -1.66. The Bertz CT molecular complexity index is 801. The highest BCUT2D eigenvalue weighted by atomic mass is 32.2. The SMILES string of the molecule is CS(=O)(=O)O[C@H]1C(=O)N2CCc3ccccc3[C@@]23CC=CC[C@@H]13. The summed E-state index contributed by atoms with van der Waals surface area (Å²) in [6.07, 6.45) is 6.38. The second kappa shape index (κ2) is 4.92. The Morgan fingerprint density at radius 3 is 2.83 bits per heavy atom. The number of benzene rings is 1. The van der Waals surface area contributed by atoms with E-state index in [4.69, 9.17) is 4.18 Å². The number of allylic oxidation sites excluding steroid dienone is 1. The van der Waals surface area contributed by atoms with Gasteiger partial charge in [0.1, 0.15) is 0 Å². The highest BCUT2D eigenvalue weighted by molar-refractivity contribution is 7.86. The maximum Gasteiger partial charge on any atom is 0.265 e. The average Bonchev–Trinajstić information content (AvgIpc) is 2.76. The molecule has 0 aromatic heterocycles. The van der Waals surface area contributed by atoms with Gasteiger partial charge in [0.2, 0.25) is 0 Å². The number of carbonyl (C=O) groups is 1. The monoisotopic (exact) mass is 333 g/mol. The van der Waals surface area contributed by atoms with Crippen molar-refractivity contribution < 1.29 is 17.4 Å². The third-order valence-electron chi connectivity index (χ3n) is 5.32. The van der Waals surface area contributed by atoms with Crippen molar-refractivity contribution in [2.75, 3.05) is 12.8 Å². The van der Waals surface area contributed by atoms with Gasteiger partial charge in [-0.15, -0.1) is 0 Å². The first-order valence-electron chi connectivity index (χ1n) is 7.86. The smallest absolute Gasteiger partial charge is 0.265 e. The minimum absolute atomic E-state index is 0.170. The van der Waals surface area contributed by atoms with E-state index in [0.29, 0.717) is 19.4 Å². The molecule has 1 aromatic rings. The molecule has 0 N–H and O–H groups in total. The predicted molar refractivity (Wildman–Crippen MR) is 85.1 cm³/mol. The minimum Gasteiger partial charge on any atom is -0.330 e. The quantitative estimate of drug-likeness (QED) is 0.609. The summed E-state index contributed by atoms with van der Waals surface area (Å²) in [7, 11) is -3.69. The summed E-state index contributed by atoms with van der Waals surface area (Å²) in [4.78, 5) is 14.8. The fourth-order valence-electron chi connectivity index (χ4n) is 4.51. The van der Waals surface area contributed by atoms with Crippen molar-refractivity contribution >= 4 is 16.0 Å². The number of hydrogen-bond acceptors (Lipinski definition) is 4. The van der Waals surface area contributed by atoms with Crippen LogP contribution >= 0.6 is 0 Å². The maximum atomic E-state index is 12.9.